The molecular weight excluding hydrogens is 188 g/mol. The molecule has 0 radical (unpaired) electrons. The number of nitrogens with zero attached hydrogens (tertiary/aromatic N) is 1. The topological polar surface area (TPSA) is 32.3 Å². The van der Waals surface area contributed by atoms with E-state index in [0.717, 1.165) is 25.8 Å². The lowest BCUT2D eigenvalue weighted by Gasteiger charge is -2.28. The van der Waals surface area contributed by atoms with Gasteiger partial charge >= 0.3 is 0 Å². The summed E-state index contributed by atoms with van der Waals surface area (Å²) in [4.78, 5) is 14.0. The van der Waals surface area contributed by atoms with Crippen molar-refractivity contribution >= 4 is 5.91 Å². The summed E-state index contributed by atoms with van der Waals surface area (Å²) in [6.07, 6.45) is 3.34. The Labute approximate surface area is 93.2 Å². The summed E-state index contributed by atoms with van der Waals surface area (Å²) in [7, 11) is 1.93. The van der Waals surface area contributed by atoms with Gasteiger partial charge in [-0.25, -0.2) is 0 Å². The van der Waals surface area contributed by atoms with Gasteiger partial charge in [0.1, 0.15) is 0 Å². The second-order valence-corrected chi connectivity index (χ2v) is 4.78. The van der Waals surface area contributed by atoms with Gasteiger partial charge in [0.05, 0.1) is 6.04 Å². The first kappa shape index (κ1) is 12.5. The van der Waals surface area contributed by atoms with Crippen molar-refractivity contribution in [1.29, 1.82) is 0 Å². The molecule has 3 heteroatoms. The van der Waals surface area contributed by atoms with Gasteiger partial charge in [0.15, 0.2) is 0 Å². The molecule has 0 saturated carbocycles. The Hall–Kier alpha value is -0.570. The molecule has 3 unspecified atom stereocenters. The summed E-state index contributed by atoms with van der Waals surface area (Å²) in [5.74, 6) is 0.745. The van der Waals surface area contributed by atoms with E-state index in [4.69, 9.17) is 0 Å². The molecule has 0 aromatic rings. The number of hydrogen-bond acceptors (Lipinski definition) is 2. The molecule has 1 N–H and O–H groups in total. The van der Waals surface area contributed by atoms with Crippen LogP contribution in [-0.4, -0.2) is 36.5 Å². The molecule has 1 aliphatic rings. The lowest BCUT2D eigenvalue weighted by Crippen LogP contribution is -2.47. The fourth-order valence-electron chi connectivity index (χ4n) is 2.21. The third-order valence-corrected chi connectivity index (χ3v) is 3.51. The van der Waals surface area contributed by atoms with Crippen LogP contribution in [0.3, 0.4) is 0 Å². The first-order valence-electron chi connectivity index (χ1n) is 6.08. The fraction of sp³-hybridized carbons (Fsp3) is 0.917. The minimum absolute atomic E-state index is 0.0503. The van der Waals surface area contributed by atoms with Gasteiger partial charge in [-0.3, -0.25) is 4.79 Å². The third kappa shape index (κ3) is 2.94. The van der Waals surface area contributed by atoms with Crippen molar-refractivity contribution in [1.82, 2.24) is 10.2 Å². The zero-order chi connectivity index (χ0) is 11.4. The highest BCUT2D eigenvalue weighted by atomic mass is 16.2. The highest BCUT2D eigenvalue weighted by Crippen LogP contribution is 2.17. The summed E-state index contributed by atoms with van der Waals surface area (Å²) in [5, 5.41) is 3.29. The number of carbonyl (C=O) groups is 1. The number of likely N-dealkylation sites (N-methyl/N-ethyl adjacent to an activating group) is 1. The normalized spacial score (nSPS) is 27.7. The molecule has 1 heterocycles. The third-order valence-electron chi connectivity index (χ3n) is 3.51. The van der Waals surface area contributed by atoms with Crippen molar-refractivity contribution < 1.29 is 4.79 Å². The van der Waals surface area contributed by atoms with E-state index in [1.165, 1.54) is 0 Å². The molecule has 0 aromatic heterocycles. The predicted octanol–water partition coefficient (Wildman–Crippen LogP) is 1.63. The maximum absolute atomic E-state index is 12.1. The van der Waals surface area contributed by atoms with Crippen molar-refractivity contribution in [3.05, 3.63) is 0 Å². The predicted molar refractivity (Wildman–Crippen MR) is 62.7 cm³/mol. The Balaban J connectivity index is 2.51. The van der Waals surface area contributed by atoms with Crippen LogP contribution < -0.4 is 5.32 Å². The van der Waals surface area contributed by atoms with Crippen LogP contribution >= 0.6 is 0 Å². The minimum atomic E-state index is 0.0503. The summed E-state index contributed by atoms with van der Waals surface area (Å²) >= 11 is 0. The molecule has 0 spiro atoms. The summed E-state index contributed by atoms with van der Waals surface area (Å²) in [5.41, 5.74) is 0. The average Bonchev–Trinajstić information content (AvgIpc) is 2.62. The standard InChI is InChI=1S/C12H24N2O/c1-5-6-10(3)14(4)12(15)11-9(2)7-8-13-11/h9-11,13H,5-8H2,1-4H3. The number of rotatable bonds is 4. The fourth-order valence-corrected chi connectivity index (χ4v) is 2.21. The van der Waals surface area contributed by atoms with Crippen LogP contribution in [0.5, 0.6) is 0 Å². The Bertz CT molecular complexity index is 218. The molecule has 1 fully saturated rings. The van der Waals surface area contributed by atoms with Crippen LogP contribution in [-0.2, 0) is 4.79 Å². The first-order chi connectivity index (χ1) is 7.07. The zero-order valence-corrected chi connectivity index (χ0v) is 10.4. The lowest BCUT2D eigenvalue weighted by molar-refractivity contribution is -0.134. The van der Waals surface area contributed by atoms with E-state index < -0.39 is 0 Å². The van der Waals surface area contributed by atoms with Crippen LogP contribution in [0.2, 0.25) is 0 Å². The molecule has 0 aliphatic carbocycles. The maximum Gasteiger partial charge on any atom is 0.239 e. The molecule has 15 heavy (non-hydrogen) atoms. The van der Waals surface area contributed by atoms with Gasteiger partial charge in [-0.05, 0) is 32.2 Å². The first-order valence-corrected chi connectivity index (χ1v) is 6.08. The smallest absolute Gasteiger partial charge is 0.239 e. The largest absolute Gasteiger partial charge is 0.342 e. The van der Waals surface area contributed by atoms with Crippen LogP contribution in [0.25, 0.3) is 0 Å². The van der Waals surface area contributed by atoms with Gasteiger partial charge in [0, 0.05) is 13.1 Å². The summed E-state index contributed by atoms with van der Waals surface area (Å²) in [6.45, 7) is 7.42. The Morgan fingerprint density at radius 2 is 2.27 bits per heavy atom. The molecular formula is C12H24N2O. The average molecular weight is 212 g/mol. The highest BCUT2D eigenvalue weighted by Gasteiger charge is 2.32. The Kier molecular flexibility index (Phi) is 4.58. The summed E-state index contributed by atoms with van der Waals surface area (Å²) in [6, 6.07) is 0.409. The van der Waals surface area contributed by atoms with E-state index in [1.54, 1.807) is 0 Å². The van der Waals surface area contributed by atoms with E-state index in [-0.39, 0.29) is 11.9 Å². The molecule has 88 valence electrons. The van der Waals surface area contributed by atoms with Crippen molar-refractivity contribution in [2.45, 2.75) is 52.1 Å². The van der Waals surface area contributed by atoms with Gasteiger partial charge in [0.2, 0.25) is 5.91 Å². The van der Waals surface area contributed by atoms with E-state index in [9.17, 15) is 4.79 Å². The van der Waals surface area contributed by atoms with Gasteiger partial charge in [-0.2, -0.15) is 0 Å². The summed E-state index contributed by atoms with van der Waals surface area (Å²) < 4.78 is 0. The quantitative estimate of drug-likeness (QED) is 0.768. The number of amides is 1. The second kappa shape index (κ2) is 5.50. The minimum Gasteiger partial charge on any atom is -0.342 e. The van der Waals surface area contributed by atoms with Crippen molar-refractivity contribution in [2.24, 2.45) is 5.92 Å². The second-order valence-electron chi connectivity index (χ2n) is 4.78. The van der Waals surface area contributed by atoms with Crippen molar-refractivity contribution in [3.8, 4) is 0 Å². The van der Waals surface area contributed by atoms with Crippen molar-refractivity contribution in [3.63, 3.8) is 0 Å². The number of carbonyl (C=O) groups excluding carboxylic acids is 1. The molecule has 1 amide bonds. The molecule has 1 aliphatic heterocycles. The van der Waals surface area contributed by atoms with E-state index in [1.807, 2.05) is 11.9 Å². The monoisotopic (exact) mass is 212 g/mol. The highest BCUT2D eigenvalue weighted by molar-refractivity contribution is 5.82. The SMILES string of the molecule is CCCC(C)N(C)C(=O)C1NCCC1C. The number of nitrogens with one attached hydrogen (secondary N) is 1. The van der Waals surface area contributed by atoms with Gasteiger partial charge in [-0.1, -0.05) is 20.3 Å². The van der Waals surface area contributed by atoms with Crippen LogP contribution in [0.1, 0.15) is 40.0 Å². The molecule has 0 bridgehead atoms. The maximum atomic E-state index is 12.1. The van der Waals surface area contributed by atoms with Crippen LogP contribution in [0.4, 0.5) is 0 Å². The Morgan fingerprint density at radius 3 is 2.73 bits per heavy atom. The van der Waals surface area contributed by atoms with E-state index in [0.29, 0.717) is 12.0 Å². The van der Waals surface area contributed by atoms with Crippen molar-refractivity contribution in [2.75, 3.05) is 13.6 Å². The van der Waals surface area contributed by atoms with Crippen LogP contribution in [0.15, 0.2) is 0 Å². The molecule has 3 atom stereocenters. The molecule has 0 aromatic carbocycles. The van der Waals surface area contributed by atoms with Gasteiger partial charge < -0.3 is 10.2 Å². The molecule has 1 rings (SSSR count). The zero-order valence-electron chi connectivity index (χ0n) is 10.4. The van der Waals surface area contributed by atoms with Crippen LogP contribution in [0, 0.1) is 5.92 Å². The Morgan fingerprint density at radius 1 is 1.60 bits per heavy atom. The lowest BCUT2D eigenvalue weighted by atomic mass is 10.0. The van der Waals surface area contributed by atoms with E-state index >= 15 is 0 Å². The number of hydrogen-bond donors (Lipinski definition) is 1. The van der Waals surface area contributed by atoms with Gasteiger partial charge in [-0.15, -0.1) is 0 Å². The molecule has 3 nitrogen and oxygen atoms in total. The molecule has 1 saturated heterocycles. The van der Waals surface area contributed by atoms with Gasteiger partial charge in [0.25, 0.3) is 0 Å². The van der Waals surface area contributed by atoms with E-state index in [2.05, 4.69) is 26.1 Å².